The van der Waals surface area contributed by atoms with Crippen molar-refractivity contribution < 1.29 is 0 Å². The van der Waals surface area contributed by atoms with Gasteiger partial charge in [-0.3, -0.25) is 0 Å². The number of nitrogens with zero attached hydrogens (tertiary/aromatic N) is 2. The van der Waals surface area contributed by atoms with E-state index in [1.54, 1.807) is 0 Å². The largest absolute Gasteiger partial charge is 0.310 e. The number of benzene rings is 8. The first-order valence-corrected chi connectivity index (χ1v) is 19.3. The van der Waals surface area contributed by atoms with E-state index in [9.17, 15) is 0 Å². The molecule has 55 heavy (non-hydrogen) atoms. The molecule has 0 radical (unpaired) electrons. The molecule has 2 heteroatoms. The van der Waals surface area contributed by atoms with Crippen LogP contribution in [-0.4, -0.2) is 4.57 Å². The fourth-order valence-electron chi connectivity index (χ4n) is 9.48. The number of hydrogen-bond acceptors (Lipinski definition) is 1. The van der Waals surface area contributed by atoms with Crippen LogP contribution in [-0.2, 0) is 5.41 Å². The zero-order valence-electron chi connectivity index (χ0n) is 30.4. The molecule has 2 nitrogen and oxygen atoms in total. The molecule has 0 aliphatic heterocycles. The zero-order chi connectivity index (χ0) is 36.3. The van der Waals surface area contributed by atoms with Gasteiger partial charge in [-0.15, -0.1) is 0 Å². The Bertz CT molecular complexity index is 2940. The van der Waals surface area contributed by atoms with Gasteiger partial charge in [-0.25, -0.2) is 0 Å². The van der Waals surface area contributed by atoms with Crippen LogP contribution in [0.4, 0.5) is 17.1 Å². The van der Waals surface area contributed by atoms with Crippen LogP contribution in [0.25, 0.3) is 49.4 Å². The molecule has 0 fully saturated rings. The highest BCUT2D eigenvalue weighted by molar-refractivity contribution is 6.11. The number of para-hydroxylation sites is 1. The van der Waals surface area contributed by atoms with Gasteiger partial charge in [0.05, 0.1) is 16.4 Å². The molecule has 0 amide bonds. The normalized spacial score (nSPS) is 14.2. The minimum atomic E-state index is -0.490. The monoisotopic (exact) mass is 702 g/mol. The van der Waals surface area contributed by atoms with Crippen molar-refractivity contribution in [2.45, 2.75) is 18.3 Å². The van der Waals surface area contributed by atoms with E-state index in [-0.39, 0.29) is 0 Å². The van der Waals surface area contributed by atoms with Crippen molar-refractivity contribution >= 4 is 55.3 Å². The predicted molar refractivity (Wildman–Crippen MR) is 232 cm³/mol. The molecule has 260 valence electrons. The highest BCUT2D eigenvalue weighted by Gasteiger charge is 2.46. The highest BCUT2D eigenvalue weighted by Crippen LogP contribution is 2.57. The van der Waals surface area contributed by atoms with E-state index in [2.05, 4.69) is 216 Å². The van der Waals surface area contributed by atoms with E-state index in [4.69, 9.17) is 0 Å². The summed E-state index contributed by atoms with van der Waals surface area (Å²) in [6.45, 7) is 0. The lowest BCUT2D eigenvalue weighted by molar-refractivity contribution is 0.768. The number of rotatable bonds is 6. The van der Waals surface area contributed by atoms with Crippen molar-refractivity contribution in [2.75, 3.05) is 4.90 Å². The Labute approximate surface area is 321 Å². The Morgan fingerprint density at radius 1 is 0.436 bits per heavy atom. The molecule has 11 rings (SSSR count). The number of anilines is 3. The van der Waals surface area contributed by atoms with E-state index in [0.717, 1.165) is 29.9 Å². The minimum absolute atomic E-state index is 0.490. The maximum absolute atomic E-state index is 2.47. The Morgan fingerprint density at radius 2 is 1.05 bits per heavy atom. The Morgan fingerprint density at radius 3 is 1.85 bits per heavy atom. The van der Waals surface area contributed by atoms with Gasteiger partial charge in [-0.2, -0.15) is 0 Å². The topological polar surface area (TPSA) is 8.17 Å². The number of aromatic nitrogens is 1. The van der Waals surface area contributed by atoms with Crippen LogP contribution in [0.15, 0.2) is 206 Å². The third kappa shape index (κ3) is 4.81. The first-order chi connectivity index (χ1) is 27.3. The molecule has 0 spiro atoms. The quantitative estimate of drug-likeness (QED) is 0.167. The van der Waals surface area contributed by atoms with Crippen LogP contribution in [0.3, 0.4) is 0 Å². The molecule has 8 aromatic carbocycles. The smallest absolute Gasteiger partial charge is 0.0714 e. The van der Waals surface area contributed by atoms with Crippen LogP contribution in [0, 0.1) is 0 Å². The summed E-state index contributed by atoms with van der Waals surface area (Å²) in [6.07, 6.45) is 9.09. The van der Waals surface area contributed by atoms with Crippen molar-refractivity contribution in [3.63, 3.8) is 0 Å². The lowest BCUT2D eigenvalue weighted by Crippen LogP contribution is -2.28. The van der Waals surface area contributed by atoms with Crippen molar-refractivity contribution in [3.05, 3.63) is 229 Å². The van der Waals surface area contributed by atoms with E-state index < -0.39 is 5.41 Å². The van der Waals surface area contributed by atoms with E-state index >= 15 is 0 Å². The Kier molecular flexibility index (Phi) is 7.25. The van der Waals surface area contributed by atoms with Crippen molar-refractivity contribution in [2.24, 2.45) is 0 Å². The van der Waals surface area contributed by atoms with Crippen molar-refractivity contribution in [3.8, 4) is 11.1 Å². The molecule has 2 aliphatic carbocycles. The van der Waals surface area contributed by atoms with Gasteiger partial charge >= 0.3 is 0 Å². The lowest BCUT2D eigenvalue weighted by atomic mass is 9.67. The SMILES string of the molecule is C1=CC(n2c3ccccc3c3ccc(N(c4ccc5c(c4)C(c4ccccc4)(c4ccccc4)c4ccccc4-5)c4ccc5ccccc5c4)cc32)=CCC1. The summed E-state index contributed by atoms with van der Waals surface area (Å²) in [4.78, 5) is 2.46. The molecule has 1 heterocycles. The molecule has 9 aromatic rings. The van der Waals surface area contributed by atoms with Crippen LogP contribution in [0.1, 0.15) is 35.1 Å². The average molecular weight is 703 g/mol. The minimum Gasteiger partial charge on any atom is -0.310 e. The second-order valence-corrected chi connectivity index (χ2v) is 14.8. The Balaban J connectivity index is 1.20. The van der Waals surface area contributed by atoms with E-state index in [1.165, 1.54) is 71.7 Å². The molecule has 0 saturated heterocycles. The van der Waals surface area contributed by atoms with Gasteiger partial charge in [0, 0.05) is 33.5 Å². The summed E-state index contributed by atoms with van der Waals surface area (Å²) in [6, 6.07) is 69.7. The van der Waals surface area contributed by atoms with Crippen molar-refractivity contribution in [1.82, 2.24) is 4.57 Å². The molecule has 2 aliphatic rings. The molecule has 1 aromatic heterocycles. The zero-order valence-corrected chi connectivity index (χ0v) is 30.4. The van der Waals surface area contributed by atoms with Crippen LogP contribution >= 0.6 is 0 Å². The molecular weight excluding hydrogens is 665 g/mol. The molecule has 0 bridgehead atoms. The van der Waals surface area contributed by atoms with Gasteiger partial charge in [0.15, 0.2) is 0 Å². The van der Waals surface area contributed by atoms with E-state index in [1.807, 2.05) is 0 Å². The molecule has 0 unspecified atom stereocenters. The number of hydrogen-bond donors (Lipinski definition) is 0. The van der Waals surface area contributed by atoms with Gasteiger partial charge in [0.1, 0.15) is 0 Å². The first kappa shape index (κ1) is 31.6. The maximum atomic E-state index is 2.47. The van der Waals surface area contributed by atoms with Gasteiger partial charge in [-0.1, -0.05) is 158 Å². The van der Waals surface area contributed by atoms with Gasteiger partial charge < -0.3 is 9.47 Å². The predicted octanol–water partition coefficient (Wildman–Crippen LogP) is 14.0. The Hall–Kier alpha value is -6.90. The van der Waals surface area contributed by atoms with Gasteiger partial charge in [0.25, 0.3) is 0 Å². The lowest BCUT2D eigenvalue weighted by Gasteiger charge is -2.35. The average Bonchev–Trinajstić information content (AvgIpc) is 3.75. The summed E-state index contributed by atoms with van der Waals surface area (Å²) >= 11 is 0. The molecule has 0 saturated carbocycles. The fourth-order valence-corrected chi connectivity index (χ4v) is 9.48. The van der Waals surface area contributed by atoms with Gasteiger partial charge in [0.2, 0.25) is 0 Å². The summed E-state index contributed by atoms with van der Waals surface area (Å²) < 4.78 is 2.46. The van der Waals surface area contributed by atoms with Crippen LogP contribution in [0.5, 0.6) is 0 Å². The second-order valence-electron chi connectivity index (χ2n) is 14.8. The van der Waals surface area contributed by atoms with Crippen LogP contribution < -0.4 is 4.90 Å². The first-order valence-electron chi connectivity index (χ1n) is 19.3. The molecular formula is C53H38N2. The third-order valence-electron chi connectivity index (χ3n) is 11.8. The standard InChI is InChI=1S/C53H38N2/c1-4-18-39(19-5-1)53(40-20-6-2-7-21-40)49-26-14-12-24-45(49)46-32-30-43(35-50(46)53)54(42-29-28-37-16-10-11-17-38(37)34-42)44-31-33-48-47-25-13-15-27-51(47)55(52(48)36-44)41-22-8-3-9-23-41/h1-2,4-8,10-36H,3,9H2. The highest BCUT2D eigenvalue weighted by atomic mass is 15.1. The summed E-state index contributed by atoms with van der Waals surface area (Å²) in [5.41, 5.74) is 14.2. The maximum Gasteiger partial charge on any atom is 0.0714 e. The summed E-state index contributed by atoms with van der Waals surface area (Å²) in [5, 5.41) is 4.98. The fraction of sp³-hybridized carbons (Fsp3) is 0.0566. The molecule has 0 atom stereocenters. The molecule has 0 N–H and O–H groups in total. The second kappa shape index (κ2) is 12.6. The summed E-state index contributed by atoms with van der Waals surface area (Å²) in [7, 11) is 0. The number of allylic oxidation sites excluding steroid dienone is 4. The summed E-state index contributed by atoms with van der Waals surface area (Å²) in [5.74, 6) is 0. The van der Waals surface area contributed by atoms with Gasteiger partial charge in [-0.05, 0) is 106 Å². The van der Waals surface area contributed by atoms with Crippen molar-refractivity contribution in [1.29, 1.82) is 0 Å². The third-order valence-corrected chi connectivity index (χ3v) is 11.8. The number of fused-ring (bicyclic) bond motifs is 7. The van der Waals surface area contributed by atoms with E-state index in [0.29, 0.717) is 0 Å². The van der Waals surface area contributed by atoms with Crippen LogP contribution in [0.2, 0.25) is 0 Å².